The molecule has 0 bridgehead atoms. The summed E-state index contributed by atoms with van der Waals surface area (Å²) >= 11 is 5.20. The van der Waals surface area contributed by atoms with Gasteiger partial charge in [-0.15, -0.1) is 5.10 Å². The number of nitrogens with one attached hydrogen (secondary N) is 1. The van der Waals surface area contributed by atoms with Crippen molar-refractivity contribution in [1.82, 2.24) is 15.2 Å². The standard InChI is InChI=1S/C6H8BrN3S/c7-6-8-5(9-10-6)4-1-2-11-3-4/h4H,1-3H2,(H,8,9,10). The van der Waals surface area contributed by atoms with Crippen LogP contribution in [0, 0.1) is 0 Å². The van der Waals surface area contributed by atoms with Crippen molar-refractivity contribution in [3.05, 3.63) is 10.6 Å². The lowest BCUT2D eigenvalue weighted by Gasteiger charge is -2.00. The highest BCUT2D eigenvalue weighted by atomic mass is 79.9. The molecule has 1 unspecified atom stereocenters. The fourth-order valence-electron chi connectivity index (χ4n) is 1.19. The molecule has 1 fully saturated rings. The van der Waals surface area contributed by atoms with Crippen molar-refractivity contribution in [2.24, 2.45) is 0 Å². The number of nitrogens with zero attached hydrogens (tertiary/aromatic N) is 2. The van der Waals surface area contributed by atoms with Crippen molar-refractivity contribution in [3.63, 3.8) is 0 Å². The smallest absolute Gasteiger partial charge is 0.217 e. The maximum absolute atomic E-state index is 4.23. The van der Waals surface area contributed by atoms with Gasteiger partial charge in [0, 0.05) is 11.7 Å². The molecule has 0 aliphatic carbocycles. The lowest BCUT2D eigenvalue weighted by Crippen LogP contribution is -1.98. The number of aromatic nitrogens is 3. The number of hydrogen-bond acceptors (Lipinski definition) is 3. The lowest BCUT2D eigenvalue weighted by molar-refractivity contribution is 0.721. The predicted octanol–water partition coefficient (Wildman–Crippen LogP) is 1.79. The zero-order valence-corrected chi connectivity index (χ0v) is 8.28. The molecule has 1 aliphatic heterocycles. The van der Waals surface area contributed by atoms with E-state index in [-0.39, 0.29) is 0 Å². The van der Waals surface area contributed by atoms with Gasteiger partial charge in [-0.2, -0.15) is 11.8 Å². The number of hydrogen-bond donors (Lipinski definition) is 1. The molecule has 0 radical (unpaired) electrons. The Morgan fingerprint density at radius 1 is 1.64 bits per heavy atom. The molecule has 0 aromatic carbocycles. The monoisotopic (exact) mass is 233 g/mol. The number of H-pyrrole nitrogens is 1. The van der Waals surface area contributed by atoms with Crippen molar-refractivity contribution >= 4 is 27.7 Å². The quantitative estimate of drug-likeness (QED) is 0.805. The minimum atomic E-state index is 0.596. The molecule has 11 heavy (non-hydrogen) atoms. The summed E-state index contributed by atoms with van der Waals surface area (Å²) in [7, 11) is 0. The molecule has 2 heterocycles. The number of thioether (sulfide) groups is 1. The first-order valence-corrected chi connectivity index (χ1v) is 5.46. The van der Waals surface area contributed by atoms with E-state index >= 15 is 0 Å². The number of aromatic amines is 1. The van der Waals surface area contributed by atoms with Gasteiger partial charge in [0.25, 0.3) is 0 Å². The van der Waals surface area contributed by atoms with E-state index in [0.717, 1.165) is 5.82 Å². The summed E-state index contributed by atoms with van der Waals surface area (Å²) in [6.45, 7) is 0. The third-order valence-corrected chi connectivity index (χ3v) is 3.31. The first-order valence-electron chi connectivity index (χ1n) is 3.52. The van der Waals surface area contributed by atoms with E-state index in [4.69, 9.17) is 0 Å². The summed E-state index contributed by atoms with van der Waals surface area (Å²) < 4.78 is 0.671. The minimum Gasteiger partial charge on any atom is -0.262 e. The highest BCUT2D eigenvalue weighted by Gasteiger charge is 2.20. The maximum Gasteiger partial charge on any atom is 0.217 e. The van der Waals surface area contributed by atoms with Gasteiger partial charge in [-0.25, -0.2) is 4.98 Å². The summed E-state index contributed by atoms with van der Waals surface area (Å²) in [5.41, 5.74) is 0. The largest absolute Gasteiger partial charge is 0.262 e. The van der Waals surface area contributed by atoms with E-state index in [1.807, 2.05) is 11.8 Å². The fourth-order valence-corrected chi connectivity index (χ4v) is 2.69. The normalized spacial score (nSPS) is 24.3. The Labute approximate surface area is 77.5 Å². The van der Waals surface area contributed by atoms with Gasteiger partial charge in [-0.3, -0.25) is 5.10 Å². The van der Waals surface area contributed by atoms with Crippen molar-refractivity contribution in [1.29, 1.82) is 0 Å². The van der Waals surface area contributed by atoms with Crippen molar-refractivity contribution in [3.8, 4) is 0 Å². The second-order valence-electron chi connectivity index (χ2n) is 2.55. The molecule has 1 aromatic heterocycles. The third kappa shape index (κ3) is 1.59. The molecule has 0 spiro atoms. The van der Waals surface area contributed by atoms with E-state index in [1.165, 1.54) is 17.9 Å². The molecular weight excluding hydrogens is 226 g/mol. The summed E-state index contributed by atoms with van der Waals surface area (Å²) in [6.07, 6.45) is 1.23. The number of rotatable bonds is 1. The molecule has 1 N–H and O–H groups in total. The molecule has 1 saturated heterocycles. The van der Waals surface area contributed by atoms with Crippen molar-refractivity contribution < 1.29 is 0 Å². The van der Waals surface area contributed by atoms with E-state index in [1.54, 1.807) is 0 Å². The van der Waals surface area contributed by atoms with Gasteiger partial charge in [-0.1, -0.05) is 0 Å². The van der Waals surface area contributed by atoms with Crippen LogP contribution in [0.2, 0.25) is 0 Å². The zero-order chi connectivity index (χ0) is 7.68. The Morgan fingerprint density at radius 3 is 3.09 bits per heavy atom. The molecule has 1 aromatic rings. The van der Waals surface area contributed by atoms with Crippen LogP contribution in [0.15, 0.2) is 4.73 Å². The Morgan fingerprint density at radius 2 is 2.55 bits per heavy atom. The van der Waals surface area contributed by atoms with Crippen LogP contribution in [0.4, 0.5) is 0 Å². The number of halogens is 1. The van der Waals surface area contributed by atoms with Gasteiger partial charge in [0.05, 0.1) is 0 Å². The van der Waals surface area contributed by atoms with Crippen LogP contribution in [-0.2, 0) is 0 Å². The third-order valence-electron chi connectivity index (χ3n) is 1.79. The molecule has 0 amide bonds. The van der Waals surface area contributed by atoms with Gasteiger partial charge in [0.1, 0.15) is 5.82 Å². The fraction of sp³-hybridized carbons (Fsp3) is 0.667. The summed E-state index contributed by atoms with van der Waals surface area (Å²) in [4.78, 5) is 4.23. The van der Waals surface area contributed by atoms with Gasteiger partial charge in [0.15, 0.2) is 0 Å². The van der Waals surface area contributed by atoms with Crippen LogP contribution in [0.5, 0.6) is 0 Å². The lowest BCUT2D eigenvalue weighted by atomic mass is 10.1. The molecule has 1 aliphatic rings. The van der Waals surface area contributed by atoms with Crippen molar-refractivity contribution in [2.75, 3.05) is 11.5 Å². The summed E-state index contributed by atoms with van der Waals surface area (Å²) in [6, 6.07) is 0. The Hall–Kier alpha value is -0.0300. The first-order chi connectivity index (χ1) is 5.36. The topological polar surface area (TPSA) is 41.6 Å². The average Bonchev–Trinajstić information content (AvgIpc) is 2.55. The highest BCUT2D eigenvalue weighted by Crippen LogP contribution is 2.30. The van der Waals surface area contributed by atoms with Crippen LogP contribution in [0.1, 0.15) is 18.2 Å². The van der Waals surface area contributed by atoms with Gasteiger partial charge < -0.3 is 0 Å². The molecule has 0 saturated carbocycles. The average molecular weight is 234 g/mol. The van der Waals surface area contributed by atoms with E-state index in [0.29, 0.717) is 10.7 Å². The minimum absolute atomic E-state index is 0.596. The van der Waals surface area contributed by atoms with Crippen LogP contribution < -0.4 is 0 Å². The van der Waals surface area contributed by atoms with Gasteiger partial charge >= 0.3 is 0 Å². The second kappa shape index (κ2) is 3.15. The summed E-state index contributed by atoms with van der Waals surface area (Å²) in [5.74, 6) is 4.06. The van der Waals surface area contributed by atoms with Crippen LogP contribution in [0.3, 0.4) is 0 Å². The van der Waals surface area contributed by atoms with Crippen LogP contribution >= 0.6 is 27.7 Å². The Kier molecular flexibility index (Phi) is 2.18. The first kappa shape index (κ1) is 7.61. The van der Waals surface area contributed by atoms with Crippen LogP contribution in [0.25, 0.3) is 0 Å². The van der Waals surface area contributed by atoms with E-state index < -0.39 is 0 Å². The second-order valence-corrected chi connectivity index (χ2v) is 4.41. The van der Waals surface area contributed by atoms with Crippen molar-refractivity contribution in [2.45, 2.75) is 12.3 Å². The molecule has 1 atom stereocenters. The van der Waals surface area contributed by atoms with Crippen LogP contribution in [-0.4, -0.2) is 26.7 Å². The molecule has 3 nitrogen and oxygen atoms in total. The van der Waals surface area contributed by atoms with E-state index in [9.17, 15) is 0 Å². The molecule has 2 rings (SSSR count). The Balaban J connectivity index is 2.15. The maximum atomic E-state index is 4.23. The molecular formula is C6H8BrN3S. The van der Waals surface area contributed by atoms with Gasteiger partial charge in [-0.05, 0) is 28.1 Å². The highest BCUT2D eigenvalue weighted by molar-refractivity contribution is 9.10. The zero-order valence-electron chi connectivity index (χ0n) is 5.88. The molecule has 60 valence electrons. The molecule has 5 heteroatoms. The van der Waals surface area contributed by atoms with E-state index in [2.05, 4.69) is 31.1 Å². The Bertz CT molecular complexity index is 244. The predicted molar refractivity (Wildman–Crippen MR) is 48.8 cm³/mol. The van der Waals surface area contributed by atoms with Gasteiger partial charge in [0.2, 0.25) is 4.73 Å². The SMILES string of the molecule is Brc1n[nH]c(C2CCSC2)n1. The summed E-state index contributed by atoms with van der Waals surface area (Å²) in [5, 5.41) is 6.86.